The van der Waals surface area contributed by atoms with Gasteiger partial charge in [0.25, 0.3) is 0 Å². The fraction of sp³-hybridized carbons (Fsp3) is 0.919. The molecule has 0 radical (unpaired) electrons. The van der Waals surface area contributed by atoms with Gasteiger partial charge in [-0.3, -0.25) is 4.79 Å². The summed E-state index contributed by atoms with van der Waals surface area (Å²) in [7, 11) is 0. The topological polar surface area (TPSA) is 89.8 Å². The van der Waals surface area contributed by atoms with Crippen LogP contribution in [0.25, 0.3) is 0 Å². The number of unbranched alkanes of at least 4 members (excludes halogenated alkanes) is 47. The van der Waals surface area contributed by atoms with Crippen molar-refractivity contribution in [3.05, 3.63) is 24.3 Å². The Balaban J connectivity index is 3.49. The molecule has 0 fully saturated rings. The number of aliphatic hydroxyl groups is 3. The third kappa shape index (κ3) is 52.5. The van der Waals surface area contributed by atoms with E-state index >= 15 is 0 Å². The molecule has 0 aromatic heterocycles. The molecule has 0 aliphatic carbocycles. The van der Waals surface area contributed by atoms with E-state index in [0.29, 0.717) is 6.42 Å². The third-order valence-electron chi connectivity index (χ3n) is 14.5. The van der Waals surface area contributed by atoms with Crippen molar-refractivity contribution in [1.29, 1.82) is 0 Å². The molecule has 4 N–H and O–H groups in total. The summed E-state index contributed by atoms with van der Waals surface area (Å²) in [5, 5.41) is 33.4. The first-order valence-corrected chi connectivity index (χ1v) is 30.7. The zero-order valence-corrected chi connectivity index (χ0v) is 45.6. The molecular formula is C62H121NO4. The van der Waals surface area contributed by atoms with Crippen LogP contribution < -0.4 is 5.32 Å². The van der Waals surface area contributed by atoms with Crippen molar-refractivity contribution in [1.82, 2.24) is 5.32 Å². The predicted octanol–water partition coefficient (Wildman–Crippen LogP) is 19.2. The minimum atomic E-state index is -1.10. The molecule has 67 heavy (non-hydrogen) atoms. The van der Waals surface area contributed by atoms with E-state index in [1.165, 1.54) is 283 Å². The van der Waals surface area contributed by atoms with Crippen molar-refractivity contribution in [3.8, 4) is 0 Å². The second kappa shape index (κ2) is 57.4. The van der Waals surface area contributed by atoms with Gasteiger partial charge in [0.1, 0.15) is 6.10 Å². The van der Waals surface area contributed by atoms with Crippen LogP contribution in [0.1, 0.15) is 341 Å². The number of nitrogens with one attached hydrogen (secondary N) is 1. The van der Waals surface area contributed by atoms with Gasteiger partial charge in [0.15, 0.2) is 0 Å². The molecule has 0 aliphatic heterocycles. The van der Waals surface area contributed by atoms with Gasteiger partial charge in [-0.2, -0.15) is 0 Å². The molecule has 0 heterocycles. The number of hydrogen-bond donors (Lipinski definition) is 4. The molecule has 0 aromatic rings. The second-order valence-corrected chi connectivity index (χ2v) is 21.3. The smallest absolute Gasteiger partial charge is 0.249 e. The maximum absolute atomic E-state index is 12.6. The van der Waals surface area contributed by atoms with Gasteiger partial charge in [0, 0.05) is 0 Å². The van der Waals surface area contributed by atoms with E-state index in [1.807, 2.05) is 6.08 Å². The minimum absolute atomic E-state index is 0.372. The van der Waals surface area contributed by atoms with E-state index in [2.05, 4.69) is 31.3 Å². The van der Waals surface area contributed by atoms with Gasteiger partial charge < -0.3 is 20.6 Å². The fourth-order valence-corrected chi connectivity index (χ4v) is 9.79. The maximum Gasteiger partial charge on any atom is 0.249 e. The van der Waals surface area contributed by atoms with Crippen LogP contribution in [-0.4, -0.2) is 46.1 Å². The van der Waals surface area contributed by atoms with Gasteiger partial charge in [-0.05, 0) is 32.1 Å². The quantitative estimate of drug-likeness (QED) is 0.0361. The molecule has 3 atom stereocenters. The summed E-state index contributed by atoms with van der Waals surface area (Å²) in [6.07, 6.45) is 74.3. The predicted molar refractivity (Wildman–Crippen MR) is 296 cm³/mol. The minimum Gasteiger partial charge on any atom is -0.394 e. The lowest BCUT2D eigenvalue weighted by Gasteiger charge is -2.21. The summed E-state index contributed by atoms with van der Waals surface area (Å²) >= 11 is 0. The van der Waals surface area contributed by atoms with Gasteiger partial charge >= 0.3 is 0 Å². The van der Waals surface area contributed by atoms with Crippen LogP contribution in [0.2, 0.25) is 0 Å². The lowest BCUT2D eigenvalue weighted by Crippen LogP contribution is -2.48. The Labute approximate surface area is 420 Å². The van der Waals surface area contributed by atoms with Crippen molar-refractivity contribution >= 4 is 5.91 Å². The van der Waals surface area contributed by atoms with Crippen molar-refractivity contribution in [2.75, 3.05) is 6.61 Å². The zero-order valence-electron chi connectivity index (χ0n) is 45.6. The molecule has 0 bridgehead atoms. The number of allylic oxidation sites excluding steroid dienone is 3. The van der Waals surface area contributed by atoms with E-state index in [-0.39, 0.29) is 6.61 Å². The fourth-order valence-electron chi connectivity index (χ4n) is 9.79. The monoisotopic (exact) mass is 944 g/mol. The highest BCUT2D eigenvalue weighted by molar-refractivity contribution is 5.80. The molecule has 3 unspecified atom stereocenters. The number of amides is 1. The van der Waals surface area contributed by atoms with E-state index in [9.17, 15) is 20.1 Å². The van der Waals surface area contributed by atoms with Gasteiger partial charge in [-0.1, -0.05) is 334 Å². The summed E-state index contributed by atoms with van der Waals surface area (Å²) in [6, 6.07) is -0.812. The Morgan fingerprint density at radius 3 is 0.910 bits per heavy atom. The van der Waals surface area contributed by atoms with Gasteiger partial charge in [-0.15, -0.1) is 0 Å². The summed E-state index contributed by atoms with van der Waals surface area (Å²) in [5.41, 5.74) is 0. The third-order valence-corrected chi connectivity index (χ3v) is 14.5. The normalized spacial score (nSPS) is 13.3. The first-order chi connectivity index (χ1) is 33.1. The Morgan fingerprint density at radius 2 is 0.612 bits per heavy atom. The summed E-state index contributed by atoms with van der Waals surface area (Å²) in [4.78, 5) is 12.6. The van der Waals surface area contributed by atoms with Crippen LogP contribution in [0.4, 0.5) is 0 Å². The first-order valence-electron chi connectivity index (χ1n) is 30.7. The highest BCUT2D eigenvalue weighted by atomic mass is 16.3. The standard InChI is InChI=1S/C62H121NO4/c1-3-5-7-9-11-13-15-17-19-21-23-24-25-26-27-28-29-30-31-32-33-34-35-36-37-39-41-43-45-47-49-51-53-55-57-61(66)62(67)63-59(58-64)60(65)56-54-52-50-48-46-44-42-40-38-22-20-18-16-14-12-10-8-6-4-2/h46,48,54,56,59-61,64-66H,3-45,47,49-53,55,57-58H2,1-2H3,(H,63,67)/b48-46+,56-54+. The summed E-state index contributed by atoms with van der Waals surface area (Å²) < 4.78 is 0. The maximum atomic E-state index is 12.6. The molecule has 0 spiro atoms. The van der Waals surface area contributed by atoms with Crippen LogP contribution in [0.5, 0.6) is 0 Å². The molecule has 0 aromatic carbocycles. The Kier molecular flexibility index (Phi) is 56.4. The van der Waals surface area contributed by atoms with Crippen LogP contribution in [0.15, 0.2) is 24.3 Å². The largest absolute Gasteiger partial charge is 0.394 e. The zero-order chi connectivity index (χ0) is 48.6. The van der Waals surface area contributed by atoms with Crippen molar-refractivity contribution < 1.29 is 20.1 Å². The number of hydrogen-bond acceptors (Lipinski definition) is 4. The average Bonchev–Trinajstić information content (AvgIpc) is 3.33. The Morgan fingerprint density at radius 1 is 0.358 bits per heavy atom. The molecule has 0 aliphatic rings. The van der Waals surface area contributed by atoms with Crippen LogP contribution in [0, 0.1) is 0 Å². The SMILES string of the molecule is CCCCCCCCCCCCCCC/C=C/CC/C=C/C(O)C(CO)NC(=O)C(O)CCCCCCCCCCCCCCCCCCCCCCCCCCCCCCCCCCCC. The number of carbonyl (C=O) groups is 1. The molecule has 5 nitrogen and oxygen atoms in total. The van der Waals surface area contributed by atoms with E-state index in [0.717, 1.165) is 38.5 Å². The number of carbonyl (C=O) groups excluding carboxylic acids is 1. The molecule has 398 valence electrons. The van der Waals surface area contributed by atoms with Gasteiger partial charge in [0.2, 0.25) is 5.91 Å². The average molecular weight is 945 g/mol. The molecule has 0 saturated heterocycles. The number of rotatable bonds is 57. The highest BCUT2D eigenvalue weighted by Crippen LogP contribution is 2.18. The Bertz CT molecular complexity index is 998. The Hall–Kier alpha value is -1.17. The van der Waals surface area contributed by atoms with Crippen molar-refractivity contribution in [3.63, 3.8) is 0 Å². The van der Waals surface area contributed by atoms with E-state index in [1.54, 1.807) is 6.08 Å². The molecular weight excluding hydrogens is 823 g/mol. The summed E-state index contributed by atoms with van der Waals surface area (Å²) in [6.45, 7) is 4.21. The molecule has 0 saturated carbocycles. The van der Waals surface area contributed by atoms with Crippen molar-refractivity contribution in [2.24, 2.45) is 0 Å². The first kappa shape index (κ1) is 65.8. The number of aliphatic hydroxyl groups excluding tert-OH is 3. The van der Waals surface area contributed by atoms with Crippen LogP contribution in [-0.2, 0) is 4.79 Å². The van der Waals surface area contributed by atoms with Crippen LogP contribution in [0.3, 0.4) is 0 Å². The lowest BCUT2D eigenvalue weighted by atomic mass is 10.0. The van der Waals surface area contributed by atoms with E-state index in [4.69, 9.17) is 0 Å². The van der Waals surface area contributed by atoms with Crippen molar-refractivity contribution in [2.45, 2.75) is 360 Å². The second-order valence-electron chi connectivity index (χ2n) is 21.3. The van der Waals surface area contributed by atoms with Gasteiger partial charge in [0.05, 0.1) is 18.8 Å². The molecule has 0 rings (SSSR count). The highest BCUT2D eigenvalue weighted by Gasteiger charge is 2.22. The molecule has 1 amide bonds. The summed E-state index contributed by atoms with van der Waals surface area (Å²) in [5.74, 6) is -0.506. The van der Waals surface area contributed by atoms with E-state index < -0.39 is 24.2 Å². The van der Waals surface area contributed by atoms with Crippen LogP contribution >= 0.6 is 0 Å². The lowest BCUT2D eigenvalue weighted by molar-refractivity contribution is -0.131. The van der Waals surface area contributed by atoms with Gasteiger partial charge in [-0.25, -0.2) is 0 Å². The molecule has 5 heteroatoms.